The molecule has 5 heteroatoms. The fourth-order valence-corrected chi connectivity index (χ4v) is 1.45. The van der Waals surface area contributed by atoms with Crippen molar-refractivity contribution in [2.45, 2.75) is 65.2 Å². The van der Waals surface area contributed by atoms with Gasteiger partial charge in [0, 0.05) is 6.04 Å². The number of hydrogen-bond acceptors (Lipinski definition) is 4. The minimum Gasteiger partial charge on any atom is -0.460 e. The number of nitrogens with one attached hydrogen (secondary N) is 1. The number of carbonyl (C=O) groups is 2. The molecule has 0 aromatic carbocycles. The van der Waals surface area contributed by atoms with E-state index in [0.29, 0.717) is 6.42 Å². The van der Waals surface area contributed by atoms with Crippen molar-refractivity contribution in [3.8, 4) is 0 Å². The molecule has 1 saturated carbocycles. The van der Waals surface area contributed by atoms with Gasteiger partial charge in [-0.2, -0.15) is 0 Å². The monoisotopic (exact) mass is 257 g/mol. The summed E-state index contributed by atoms with van der Waals surface area (Å²) in [4.78, 5) is 23.2. The van der Waals surface area contributed by atoms with Gasteiger partial charge in [-0.25, -0.2) is 4.79 Å². The molecule has 1 amide bonds. The molecule has 1 fully saturated rings. The molecule has 0 radical (unpaired) electrons. The first-order chi connectivity index (χ1) is 7.98. The minimum atomic E-state index is -0.527. The second-order valence-electron chi connectivity index (χ2n) is 6.63. The summed E-state index contributed by atoms with van der Waals surface area (Å²) in [6, 6.07) is -0.158. The molecule has 104 valence electrons. The molecule has 1 rings (SSSR count). The van der Waals surface area contributed by atoms with Crippen molar-refractivity contribution in [2.24, 2.45) is 5.92 Å². The zero-order valence-electron chi connectivity index (χ0n) is 12.0. The lowest BCUT2D eigenvalue weighted by molar-refractivity contribution is -0.156. The van der Waals surface area contributed by atoms with Crippen LogP contribution in [0.15, 0.2) is 0 Å². The first kappa shape index (κ1) is 14.8. The van der Waals surface area contributed by atoms with Crippen molar-refractivity contribution < 1.29 is 19.1 Å². The van der Waals surface area contributed by atoms with E-state index in [2.05, 4.69) is 5.32 Å². The molecule has 0 bridgehead atoms. The molecule has 0 saturated heterocycles. The Hall–Kier alpha value is -1.26. The van der Waals surface area contributed by atoms with E-state index in [1.165, 1.54) is 0 Å². The first-order valence-electron chi connectivity index (χ1n) is 6.20. The molecular formula is C13H23NO4. The number of hydrogen-bond donors (Lipinski definition) is 1. The van der Waals surface area contributed by atoms with Gasteiger partial charge >= 0.3 is 12.1 Å². The van der Waals surface area contributed by atoms with E-state index in [4.69, 9.17) is 9.47 Å². The van der Waals surface area contributed by atoms with Gasteiger partial charge in [0.05, 0.1) is 5.92 Å². The third-order valence-electron chi connectivity index (χ3n) is 2.20. The number of alkyl carbamates (subject to hydrolysis) is 1. The Kier molecular flexibility index (Phi) is 3.93. The summed E-state index contributed by atoms with van der Waals surface area (Å²) in [5.41, 5.74) is -1.02. The summed E-state index contributed by atoms with van der Waals surface area (Å²) < 4.78 is 10.4. The van der Waals surface area contributed by atoms with Crippen molar-refractivity contribution in [1.82, 2.24) is 5.32 Å². The number of esters is 1. The Morgan fingerprint density at radius 3 is 1.94 bits per heavy atom. The molecule has 0 spiro atoms. The Bertz CT molecular complexity index is 338. The van der Waals surface area contributed by atoms with Gasteiger partial charge in [-0.3, -0.25) is 4.79 Å². The molecule has 1 aliphatic rings. The highest BCUT2D eigenvalue weighted by molar-refractivity contribution is 5.79. The summed E-state index contributed by atoms with van der Waals surface area (Å²) in [5, 5.41) is 2.67. The second-order valence-corrected chi connectivity index (χ2v) is 6.63. The van der Waals surface area contributed by atoms with Gasteiger partial charge in [0.1, 0.15) is 11.2 Å². The van der Waals surface area contributed by atoms with Gasteiger partial charge in [-0.05, 0) is 48.0 Å². The van der Waals surface area contributed by atoms with Crippen molar-refractivity contribution >= 4 is 12.1 Å². The lowest BCUT2D eigenvalue weighted by Gasteiger charge is -2.20. The SMILES string of the molecule is CC(C)(C)OC(=O)NC1CC1C(=O)OC(C)(C)C. The topological polar surface area (TPSA) is 64.6 Å². The van der Waals surface area contributed by atoms with E-state index < -0.39 is 17.3 Å². The predicted octanol–water partition coefficient (Wildman–Crippen LogP) is 2.24. The molecule has 2 unspecified atom stereocenters. The van der Waals surface area contributed by atoms with Gasteiger partial charge in [0.25, 0.3) is 0 Å². The Labute approximate surface area is 108 Å². The van der Waals surface area contributed by atoms with E-state index in [1.807, 2.05) is 20.8 Å². The quantitative estimate of drug-likeness (QED) is 0.770. The highest BCUT2D eigenvalue weighted by Crippen LogP contribution is 2.33. The maximum Gasteiger partial charge on any atom is 0.407 e. The molecular weight excluding hydrogens is 234 g/mol. The van der Waals surface area contributed by atoms with Gasteiger partial charge in [-0.1, -0.05) is 0 Å². The number of amides is 1. The largest absolute Gasteiger partial charge is 0.460 e. The summed E-state index contributed by atoms with van der Waals surface area (Å²) in [6.07, 6.45) is 0.132. The van der Waals surface area contributed by atoms with Crippen LogP contribution in [0.25, 0.3) is 0 Å². The van der Waals surface area contributed by atoms with Gasteiger partial charge in [0.2, 0.25) is 0 Å². The zero-order valence-corrected chi connectivity index (χ0v) is 12.0. The molecule has 1 aliphatic carbocycles. The number of carbonyl (C=O) groups excluding carboxylic acids is 2. The molecule has 0 aromatic heterocycles. The lowest BCUT2D eigenvalue weighted by atomic mass is 10.2. The summed E-state index contributed by atoms with van der Waals surface area (Å²) in [5.74, 6) is -0.500. The summed E-state index contributed by atoms with van der Waals surface area (Å²) >= 11 is 0. The van der Waals surface area contributed by atoms with E-state index in [-0.39, 0.29) is 17.9 Å². The van der Waals surface area contributed by atoms with Crippen LogP contribution in [0, 0.1) is 5.92 Å². The van der Waals surface area contributed by atoms with Crippen LogP contribution in [0.3, 0.4) is 0 Å². The van der Waals surface area contributed by atoms with E-state index in [0.717, 1.165) is 0 Å². The summed E-state index contributed by atoms with van der Waals surface area (Å²) in [7, 11) is 0. The highest BCUT2D eigenvalue weighted by atomic mass is 16.6. The van der Waals surface area contributed by atoms with Crippen molar-refractivity contribution in [3.05, 3.63) is 0 Å². The van der Waals surface area contributed by atoms with Crippen LogP contribution in [0.5, 0.6) is 0 Å². The van der Waals surface area contributed by atoms with Crippen molar-refractivity contribution in [3.63, 3.8) is 0 Å². The van der Waals surface area contributed by atoms with Crippen LogP contribution in [0.2, 0.25) is 0 Å². The van der Waals surface area contributed by atoms with Gasteiger partial charge < -0.3 is 14.8 Å². The fraction of sp³-hybridized carbons (Fsp3) is 0.846. The number of ether oxygens (including phenoxy) is 2. The molecule has 1 N–H and O–H groups in total. The Morgan fingerprint density at radius 2 is 1.50 bits per heavy atom. The maximum atomic E-state index is 11.7. The van der Waals surface area contributed by atoms with Gasteiger partial charge in [-0.15, -0.1) is 0 Å². The van der Waals surface area contributed by atoms with Crippen LogP contribution < -0.4 is 5.32 Å². The maximum absolute atomic E-state index is 11.7. The lowest BCUT2D eigenvalue weighted by Crippen LogP contribution is -2.35. The third kappa shape index (κ3) is 5.38. The second kappa shape index (κ2) is 4.78. The smallest absolute Gasteiger partial charge is 0.407 e. The van der Waals surface area contributed by atoms with Crippen LogP contribution in [-0.4, -0.2) is 29.3 Å². The van der Waals surface area contributed by atoms with E-state index in [9.17, 15) is 9.59 Å². The molecule has 0 aromatic rings. The molecule has 2 atom stereocenters. The molecule has 0 aliphatic heterocycles. The Morgan fingerprint density at radius 1 is 1.00 bits per heavy atom. The van der Waals surface area contributed by atoms with Crippen LogP contribution in [-0.2, 0) is 14.3 Å². The Balaban J connectivity index is 2.33. The standard InChI is InChI=1S/C13H23NO4/c1-12(2,3)17-10(15)8-7-9(8)14-11(16)18-13(4,5)6/h8-9H,7H2,1-6H3,(H,14,16). The highest BCUT2D eigenvalue weighted by Gasteiger charge is 2.47. The first-order valence-corrected chi connectivity index (χ1v) is 6.20. The normalized spacial score (nSPS) is 23.2. The van der Waals surface area contributed by atoms with Gasteiger partial charge in [0.15, 0.2) is 0 Å². The van der Waals surface area contributed by atoms with E-state index >= 15 is 0 Å². The van der Waals surface area contributed by atoms with Crippen LogP contribution in [0.1, 0.15) is 48.0 Å². The minimum absolute atomic E-state index is 0.158. The molecule has 0 heterocycles. The van der Waals surface area contributed by atoms with Crippen molar-refractivity contribution in [2.75, 3.05) is 0 Å². The summed E-state index contributed by atoms with van der Waals surface area (Å²) in [6.45, 7) is 10.9. The predicted molar refractivity (Wildman–Crippen MR) is 67.1 cm³/mol. The average Bonchev–Trinajstić information content (AvgIpc) is 2.75. The number of rotatable bonds is 2. The zero-order chi connectivity index (χ0) is 14.1. The van der Waals surface area contributed by atoms with Crippen molar-refractivity contribution in [1.29, 1.82) is 0 Å². The van der Waals surface area contributed by atoms with Crippen LogP contribution >= 0.6 is 0 Å². The van der Waals surface area contributed by atoms with E-state index in [1.54, 1.807) is 20.8 Å². The fourth-order valence-electron chi connectivity index (χ4n) is 1.45. The molecule has 5 nitrogen and oxygen atoms in total. The average molecular weight is 257 g/mol. The molecule has 18 heavy (non-hydrogen) atoms. The van der Waals surface area contributed by atoms with Crippen LogP contribution in [0.4, 0.5) is 4.79 Å². The third-order valence-corrected chi connectivity index (χ3v) is 2.20.